The third kappa shape index (κ3) is 4.11. The van der Waals surface area contributed by atoms with E-state index in [4.69, 9.17) is 11.6 Å². The molecule has 1 saturated heterocycles. The highest BCUT2D eigenvalue weighted by Crippen LogP contribution is 2.21. The van der Waals surface area contributed by atoms with E-state index in [-0.39, 0.29) is 24.4 Å². The third-order valence-electron chi connectivity index (χ3n) is 3.84. The number of amides is 1. The number of piperidine rings is 1. The van der Waals surface area contributed by atoms with Gasteiger partial charge in [-0.3, -0.25) is 4.79 Å². The largest absolute Gasteiger partial charge is 0.348 e. The van der Waals surface area contributed by atoms with E-state index < -0.39 is 5.54 Å². The summed E-state index contributed by atoms with van der Waals surface area (Å²) in [5, 5.41) is 7.12. The van der Waals surface area contributed by atoms with Gasteiger partial charge < -0.3 is 10.6 Å². The smallest absolute Gasteiger partial charge is 0.240 e. The van der Waals surface area contributed by atoms with Crippen LogP contribution in [0.1, 0.15) is 44.7 Å². The first-order chi connectivity index (χ1) is 9.01. The Morgan fingerprint density at radius 3 is 2.55 bits per heavy atom. The van der Waals surface area contributed by atoms with Gasteiger partial charge in [0.15, 0.2) is 0 Å². The molecule has 0 bridgehead atoms. The van der Waals surface area contributed by atoms with Crippen LogP contribution in [0.2, 0.25) is 5.02 Å². The number of nitrogens with one attached hydrogen (secondary N) is 2. The van der Waals surface area contributed by atoms with Crippen LogP contribution in [-0.4, -0.2) is 18.0 Å². The predicted molar refractivity (Wildman–Crippen MR) is 85.5 cm³/mol. The molecule has 0 aliphatic carbocycles. The van der Waals surface area contributed by atoms with Gasteiger partial charge in [-0.15, -0.1) is 12.4 Å². The van der Waals surface area contributed by atoms with Crippen molar-refractivity contribution in [3.05, 3.63) is 34.9 Å². The van der Waals surface area contributed by atoms with Crippen molar-refractivity contribution in [2.75, 3.05) is 6.54 Å². The third-order valence-corrected chi connectivity index (χ3v) is 4.09. The average Bonchev–Trinajstić information content (AvgIpc) is 2.40. The van der Waals surface area contributed by atoms with Gasteiger partial charge >= 0.3 is 0 Å². The molecule has 0 spiro atoms. The van der Waals surface area contributed by atoms with Gasteiger partial charge in [0.2, 0.25) is 5.91 Å². The minimum atomic E-state index is -0.432. The van der Waals surface area contributed by atoms with E-state index in [9.17, 15) is 4.79 Å². The van der Waals surface area contributed by atoms with Crippen LogP contribution in [0.3, 0.4) is 0 Å². The van der Waals surface area contributed by atoms with Crippen molar-refractivity contribution >= 4 is 29.9 Å². The van der Waals surface area contributed by atoms with Crippen molar-refractivity contribution in [2.45, 2.75) is 44.7 Å². The fourth-order valence-corrected chi connectivity index (χ4v) is 2.57. The first-order valence-electron chi connectivity index (χ1n) is 6.83. The lowest BCUT2D eigenvalue weighted by Crippen LogP contribution is -2.57. The summed E-state index contributed by atoms with van der Waals surface area (Å²) < 4.78 is 0. The second-order valence-corrected chi connectivity index (χ2v) is 5.90. The highest BCUT2D eigenvalue weighted by Gasteiger charge is 2.34. The molecule has 2 rings (SSSR count). The molecule has 1 amide bonds. The van der Waals surface area contributed by atoms with E-state index >= 15 is 0 Å². The molecular weight excluding hydrogens is 295 g/mol. The summed E-state index contributed by atoms with van der Waals surface area (Å²) in [6.07, 6.45) is 3.15. The molecule has 1 aliphatic rings. The Morgan fingerprint density at radius 2 is 2.00 bits per heavy atom. The van der Waals surface area contributed by atoms with Crippen LogP contribution in [-0.2, 0) is 4.79 Å². The Labute approximate surface area is 131 Å². The van der Waals surface area contributed by atoms with Crippen molar-refractivity contribution in [3.8, 4) is 0 Å². The number of carbonyl (C=O) groups excluding carboxylic acids is 1. The van der Waals surface area contributed by atoms with Crippen LogP contribution in [0.4, 0.5) is 0 Å². The van der Waals surface area contributed by atoms with Crippen molar-refractivity contribution in [3.63, 3.8) is 0 Å². The topological polar surface area (TPSA) is 41.1 Å². The van der Waals surface area contributed by atoms with Gasteiger partial charge in [-0.2, -0.15) is 0 Å². The molecule has 1 aliphatic heterocycles. The normalized spacial score (nSPS) is 23.6. The van der Waals surface area contributed by atoms with Gasteiger partial charge in [-0.05, 0) is 57.4 Å². The standard InChI is InChI=1S/C15H21ClN2O.ClH/c1-11(12-5-7-13(16)8-6-12)18-14(19)15(2)9-3-4-10-17-15;/h5-8,11,17H,3-4,9-10H2,1-2H3,(H,18,19);1H. The maximum atomic E-state index is 12.4. The lowest BCUT2D eigenvalue weighted by Gasteiger charge is -2.34. The Bertz CT molecular complexity index is 442. The summed E-state index contributed by atoms with van der Waals surface area (Å²) in [6.45, 7) is 4.89. The monoisotopic (exact) mass is 316 g/mol. The Morgan fingerprint density at radius 1 is 1.35 bits per heavy atom. The van der Waals surface area contributed by atoms with Crippen molar-refractivity contribution in [1.29, 1.82) is 0 Å². The van der Waals surface area contributed by atoms with Gasteiger partial charge in [0, 0.05) is 5.02 Å². The van der Waals surface area contributed by atoms with Crippen molar-refractivity contribution < 1.29 is 4.79 Å². The number of rotatable bonds is 3. The maximum absolute atomic E-state index is 12.4. The predicted octanol–water partition coefficient (Wildman–Crippen LogP) is 3.47. The fraction of sp³-hybridized carbons (Fsp3) is 0.533. The van der Waals surface area contributed by atoms with E-state index in [0.29, 0.717) is 5.02 Å². The summed E-state index contributed by atoms with van der Waals surface area (Å²) in [5.41, 5.74) is 0.635. The SMILES string of the molecule is CC(NC(=O)C1(C)CCCCN1)c1ccc(Cl)cc1.Cl. The molecule has 112 valence electrons. The molecule has 1 aromatic rings. The fourth-order valence-electron chi connectivity index (χ4n) is 2.44. The van der Waals surface area contributed by atoms with E-state index in [1.165, 1.54) is 0 Å². The van der Waals surface area contributed by atoms with Crippen LogP contribution in [0.25, 0.3) is 0 Å². The minimum absolute atomic E-state index is 0. The number of benzene rings is 1. The number of halogens is 2. The van der Waals surface area contributed by atoms with Crippen LogP contribution in [0.15, 0.2) is 24.3 Å². The molecule has 2 unspecified atom stereocenters. The lowest BCUT2D eigenvalue weighted by atomic mass is 9.89. The highest BCUT2D eigenvalue weighted by molar-refractivity contribution is 6.30. The summed E-state index contributed by atoms with van der Waals surface area (Å²) in [6, 6.07) is 7.58. The molecule has 0 aromatic heterocycles. The van der Waals surface area contributed by atoms with Crippen LogP contribution >= 0.6 is 24.0 Å². The van der Waals surface area contributed by atoms with Gasteiger partial charge in [0.25, 0.3) is 0 Å². The van der Waals surface area contributed by atoms with Crippen molar-refractivity contribution in [2.24, 2.45) is 0 Å². The van der Waals surface area contributed by atoms with Gasteiger partial charge in [-0.1, -0.05) is 23.7 Å². The second-order valence-electron chi connectivity index (χ2n) is 5.46. The number of carbonyl (C=O) groups is 1. The molecule has 0 saturated carbocycles. The quantitative estimate of drug-likeness (QED) is 0.896. The summed E-state index contributed by atoms with van der Waals surface area (Å²) >= 11 is 5.87. The Hall–Kier alpha value is -0.770. The Balaban J connectivity index is 0.00000200. The first-order valence-corrected chi connectivity index (χ1v) is 7.20. The zero-order valence-corrected chi connectivity index (χ0v) is 13.5. The maximum Gasteiger partial charge on any atom is 0.240 e. The van der Waals surface area contributed by atoms with Gasteiger partial charge in [0.05, 0.1) is 11.6 Å². The van der Waals surface area contributed by atoms with Gasteiger partial charge in [-0.25, -0.2) is 0 Å². The molecule has 5 heteroatoms. The van der Waals surface area contributed by atoms with Crippen molar-refractivity contribution in [1.82, 2.24) is 10.6 Å². The van der Waals surface area contributed by atoms with Crippen LogP contribution in [0.5, 0.6) is 0 Å². The molecule has 2 atom stereocenters. The summed E-state index contributed by atoms with van der Waals surface area (Å²) in [7, 11) is 0. The molecule has 2 N–H and O–H groups in total. The molecular formula is C15H22Cl2N2O. The van der Waals surface area contributed by atoms with E-state index in [1.807, 2.05) is 38.1 Å². The van der Waals surface area contributed by atoms with Gasteiger partial charge in [0.1, 0.15) is 0 Å². The van der Waals surface area contributed by atoms with E-state index in [0.717, 1.165) is 31.4 Å². The molecule has 0 radical (unpaired) electrons. The second kappa shape index (κ2) is 7.30. The number of hydrogen-bond acceptors (Lipinski definition) is 2. The zero-order valence-electron chi connectivity index (χ0n) is 11.9. The van der Waals surface area contributed by atoms with Crippen LogP contribution < -0.4 is 10.6 Å². The van der Waals surface area contributed by atoms with E-state index in [1.54, 1.807) is 0 Å². The summed E-state index contributed by atoms with van der Waals surface area (Å²) in [5.74, 6) is 0.0784. The summed E-state index contributed by atoms with van der Waals surface area (Å²) in [4.78, 5) is 12.4. The van der Waals surface area contributed by atoms with E-state index in [2.05, 4.69) is 10.6 Å². The lowest BCUT2D eigenvalue weighted by molar-refractivity contribution is -0.128. The average molecular weight is 317 g/mol. The zero-order chi connectivity index (χ0) is 13.9. The molecule has 1 fully saturated rings. The number of hydrogen-bond donors (Lipinski definition) is 2. The first kappa shape index (κ1) is 17.3. The Kier molecular flexibility index (Phi) is 6.31. The molecule has 3 nitrogen and oxygen atoms in total. The minimum Gasteiger partial charge on any atom is -0.348 e. The molecule has 1 heterocycles. The molecule has 1 aromatic carbocycles. The molecule has 20 heavy (non-hydrogen) atoms. The highest BCUT2D eigenvalue weighted by atomic mass is 35.5. The van der Waals surface area contributed by atoms with Crippen LogP contribution in [0, 0.1) is 0 Å².